The summed E-state index contributed by atoms with van der Waals surface area (Å²) in [5.41, 5.74) is 3.33. The first kappa shape index (κ1) is 19.2. The highest BCUT2D eigenvalue weighted by Gasteiger charge is 2.27. The molecule has 6 heteroatoms. The Kier molecular flexibility index (Phi) is 5.37. The summed E-state index contributed by atoms with van der Waals surface area (Å²) in [5, 5.41) is 0. The van der Waals surface area contributed by atoms with Crippen LogP contribution in [0, 0.1) is 0 Å². The Balaban J connectivity index is 2.23. The van der Waals surface area contributed by atoms with Crippen molar-refractivity contribution < 1.29 is 17.9 Å². The Labute approximate surface area is 160 Å². The molecule has 1 unspecified atom stereocenters. The lowest BCUT2D eigenvalue weighted by atomic mass is 9.88. The molecule has 0 saturated carbocycles. The molecule has 0 N–H and O–H groups in total. The van der Waals surface area contributed by atoms with Gasteiger partial charge in [-0.25, -0.2) is 8.42 Å². The maximum atomic E-state index is 12.1. The largest absolute Gasteiger partial charge is 0.493 e. The average Bonchev–Trinajstić information content (AvgIpc) is 2.65. The van der Waals surface area contributed by atoms with Crippen LogP contribution in [0.3, 0.4) is 0 Å². The lowest BCUT2D eigenvalue weighted by molar-refractivity contribution is -0.111. The number of nitrogens with zero attached hydrogens (tertiary/aromatic N) is 1. The number of fused-ring (bicyclic) bond motifs is 1. The summed E-state index contributed by atoms with van der Waals surface area (Å²) >= 11 is 0. The van der Waals surface area contributed by atoms with E-state index in [2.05, 4.69) is 0 Å². The normalized spacial score (nSPS) is 16.5. The number of likely N-dealkylation sites (N-methyl/N-ethyl adjacent to an activating group) is 1. The molecule has 0 fully saturated rings. The number of hydrogen-bond donors (Lipinski definition) is 0. The molecule has 0 saturated heterocycles. The van der Waals surface area contributed by atoms with Crippen LogP contribution in [0.15, 0.2) is 53.6 Å². The van der Waals surface area contributed by atoms with Gasteiger partial charge < -0.3 is 14.4 Å². The molecule has 0 aliphatic carbocycles. The van der Waals surface area contributed by atoms with E-state index >= 15 is 0 Å². The van der Waals surface area contributed by atoms with E-state index in [1.165, 1.54) is 6.26 Å². The van der Waals surface area contributed by atoms with Crippen LogP contribution >= 0.6 is 0 Å². The van der Waals surface area contributed by atoms with Gasteiger partial charge in [0.15, 0.2) is 9.84 Å². The van der Waals surface area contributed by atoms with Gasteiger partial charge in [-0.05, 0) is 35.7 Å². The molecule has 0 radical (unpaired) electrons. The zero-order chi connectivity index (χ0) is 19.6. The molecule has 1 atom stereocenters. The summed E-state index contributed by atoms with van der Waals surface area (Å²) in [6.45, 7) is 2.55. The molecule has 1 aliphatic heterocycles. The molecule has 1 aliphatic rings. The van der Waals surface area contributed by atoms with Gasteiger partial charge in [-0.1, -0.05) is 31.2 Å². The van der Waals surface area contributed by atoms with Gasteiger partial charge in [-0.15, -0.1) is 0 Å². The SMILES string of the molecule is CCCOc1ccc(S(C)(=O)=O)cc1C1=CN(C)C(C=O)c2ccccc21. The monoisotopic (exact) mass is 385 g/mol. The Morgan fingerprint density at radius 1 is 1.15 bits per heavy atom. The zero-order valence-corrected chi connectivity index (χ0v) is 16.5. The first-order valence-corrected chi connectivity index (χ1v) is 10.7. The number of ether oxygens (including phenoxy) is 1. The highest BCUT2D eigenvalue weighted by molar-refractivity contribution is 7.90. The van der Waals surface area contributed by atoms with Crippen LogP contribution in [0.1, 0.15) is 36.1 Å². The third kappa shape index (κ3) is 3.76. The minimum Gasteiger partial charge on any atom is -0.493 e. The number of benzene rings is 2. The maximum absolute atomic E-state index is 12.1. The molecule has 2 aromatic carbocycles. The van der Waals surface area contributed by atoms with E-state index in [4.69, 9.17) is 4.74 Å². The van der Waals surface area contributed by atoms with Crippen molar-refractivity contribution in [2.75, 3.05) is 19.9 Å². The van der Waals surface area contributed by atoms with Crippen molar-refractivity contribution >= 4 is 21.7 Å². The summed E-state index contributed by atoms with van der Waals surface area (Å²) in [7, 11) is -1.52. The van der Waals surface area contributed by atoms with Gasteiger partial charge in [-0.3, -0.25) is 0 Å². The van der Waals surface area contributed by atoms with Crippen molar-refractivity contribution in [1.82, 2.24) is 4.90 Å². The Hall–Kier alpha value is -2.60. The van der Waals surface area contributed by atoms with Gasteiger partial charge >= 0.3 is 0 Å². The Morgan fingerprint density at radius 2 is 1.89 bits per heavy atom. The topological polar surface area (TPSA) is 63.7 Å². The summed E-state index contributed by atoms with van der Waals surface area (Å²) in [6, 6.07) is 12.2. The van der Waals surface area contributed by atoms with Crippen molar-refractivity contribution in [1.29, 1.82) is 0 Å². The second-order valence-corrected chi connectivity index (χ2v) is 8.67. The van der Waals surface area contributed by atoms with E-state index < -0.39 is 9.84 Å². The number of aldehydes is 1. The van der Waals surface area contributed by atoms with E-state index in [1.54, 1.807) is 18.2 Å². The fourth-order valence-corrected chi connectivity index (χ4v) is 3.89. The van der Waals surface area contributed by atoms with E-state index in [0.717, 1.165) is 29.4 Å². The summed E-state index contributed by atoms with van der Waals surface area (Å²) in [6.07, 6.45) is 4.82. The fourth-order valence-electron chi connectivity index (χ4n) is 3.25. The number of sulfone groups is 1. The molecule has 3 rings (SSSR count). The second-order valence-electron chi connectivity index (χ2n) is 6.66. The molecular formula is C21H23NO4S. The van der Waals surface area contributed by atoms with Crippen molar-refractivity contribution in [3.05, 3.63) is 65.4 Å². The Bertz CT molecular complexity index is 995. The zero-order valence-electron chi connectivity index (χ0n) is 15.7. The van der Waals surface area contributed by atoms with Crippen molar-refractivity contribution in [2.45, 2.75) is 24.3 Å². The van der Waals surface area contributed by atoms with Crippen LogP contribution in [0.25, 0.3) is 5.57 Å². The lowest BCUT2D eigenvalue weighted by Gasteiger charge is -2.31. The van der Waals surface area contributed by atoms with Gasteiger partial charge in [-0.2, -0.15) is 0 Å². The quantitative estimate of drug-likeness (QED) is 0.713. The van der Waals surface area contributed by atoms with E-state index in [-0.39, 0.29) is 10.9 Å². The van der Waals surface area contributed by atoms with Crippen molar-refractivity contribution in [3.8, 4) is 5.75 Å². The molecular weight excluding hydrogens is 362 g/mol. The van der Waals surface area contributed by atoms with Gasteiger partial charge in [0.1, 0.15) is 18.1 Å². The summed E-state index contributed by atoms with van der Waals surface area (Å²) < 4.78 is 30.1. The third-order valence-electron chi connectivity index (χ3n) is 4.60. The predicted octanol–water partition coefficient (Wildman–Crippen LogP) is 3.45. The number of carbonyl (C=O) groups is 1. The van der Waals surface area contributed by atoms with Gasteiger partial charge in [0.05, 0.1) is 11.5 Å². The predicted molar refractivity (Wildman–Crippen MR) is 105 cm³/mol. The van der Waals surface area contributed by atoms with Crippen LogP contribution < -0.4 is 4.74 Å². The van der Waals surface area contributed by atoms with E-state index in [0.29, 0.717) is 17.9 Å². The second kappa shape index (κ2) is 7.56. The van der Waals surface area contributed by atoms with Crippen molar-refractivity contribution in [3.63, 3.8) is 0 Å². The molecule has 27 heavy (non-hydrogen) atoms. The molecule has 5 nitrogen and oxygen atoms in total. The summed E-state index contributed by atoms with van der Waals surface area (Å²) in [4.78, 5) is 13.7. The van der Waals surface area contributed by atoms with Crippen LogP contribution in [-0.4, -0.2) is 39.5 Å². The summed E-state index contributed by atoms with van der Waals surface area (Å²) in [5.74, 6) is 0.628. The Morgan fingerprint density at radius 3 is 2.56 bits per heavy atom. The number of hydrogen-bond acceptors (Lipinski definition) is 5. The van der Waals surface area contributed by atoms with Crippen LogP contribution in [0.2, 0.25) is 0 Å². The van der Waals surface area contributed by atoms with E-state index in [9.17, 15) is 13.2 Å². The third-order valence-corrected chi connectivity index (χ3v) is 5.71. The van der Waals surface area contributed by atoms with Gasteiger partial charge in [0, 0.05) is 30.6 Å². The number of rotatable bonds is 6. The molecule has 0 aromatic heterocycles. The fraction of sp³-hybridized carbons (Fsp3) is 0.286. The minimum atomic E-state index is -3.36. The molecule has 0 bridgehead atoms. The first-order valence-electron chi connectivity index (χ1n) is 8.82. The van der Waals surface area contributed by atoms with Gasteiger partial charge in [0.2, 0.25) is 0 Å². The van der Waals surface area contributed by atoms with Crippen LogP contribution in [0.4, 0.5) is 0 Å². The molecule has 142 valence electrons. The van der Waals surface area contributed by atoms with E-state index in [1.807, 2.05) is 49.3 Å². The minimum absolute atomic E-state index is 0.236. The lowest BCUT2D eigenvalue weighted by Crippen LogP contribution is -2.25. The molecule has 1 heterocycles. The molecule has 2 aromatic rings. The molecule has 0 spiro atoms. The van der Waals surface area contributed by atoms with Crippen molar-refractivity contribution in [2.24, 2.45) is 0 Å². The number of carbonyl (C=O) groups excluding carboxylic acids is 1. The standard InChI is InChI=1S/C21H23NO4S/c1-4-11-26-21-10-9-15(27(3,24)25)12-18(21)19-13-22(2)20(14-23)17-8-6-5-7-16(17)19/h5-10,12-14,20H,4,11H2,1-3H3. The van der Waals surface area contributed by atoms with Gasteiger partial charge in [0.25, 0.3) is 0 Å². The highest BCUT2D eigenvalue weighted by atomic mass is 32.2. The van der Waals surface area contributed by atoms with Crippen LogP contribution in [-0.2, 0) is 14.6 Å². The molecule has 0 amide bonds. The van der Waals surface area contributed by atoms with Crippen LogP contribution in [0.5, 0.6) is 5.75 Å². The highest BCUT2D eigenvalue weighted by Crippen LogP contribution is 2.40. The first-order chi connectivity index (χ1) is 12.9. The average molecular weight is 385 g/mol. The smallest absolute Gasteiger partial charge is 0.175 e. The maximum Gasteiger partial charge on any atom is 0.175 e.